The predicted octanol–water partition coefficient (Wildman–Crippen LogP) is 2.87. The number of aromatic hydroxyl groups is 1. The molecule has 3 heterocycles. The number of hydrogen-bond donors (Lipinski definition) is 2. The van der Waals surface area contributed by atoms with Gasteiger partial charge in [0.15, 0.2) is 22.9 Å². The van der Waals surface area contributed by atoms with Crippen molar-refractivity contribution in [3.8, 4) is 5.75 Å². The van der Waals surface area contributed by atoms with Gasteiger partial charge in [0.05, 0.1) is 13.2 Å². The molecule has 0 atom stereocenters. The number of furan rings is 1. The molecule has 0 saturated heterocycles. The van der Waals surface area contributed by atoms with E-state index in [1.165, 1.54) is 0 Å². The van der Waals surface area contributed by atoms with Gasteiger partial charge in [-0.1, -0.05) is 0 Å². The average molecular weight is 357 g/mol. The Bertz CT molecular complexity index is 870. The van der Waals surface area contributed by atoms with Crippen molar-refractivity contribution in [3.05, 3.63) is 35.2 Å². The molecule has 3 rings (SSSR count). The molecule has 2 N–H and O–H groups in total. The Morgan fingerprint density at radius 3 is 3.08 bits per heavy atom. The number of anilines is 1. The summed E-state index contributed by atoms with van der Waals surface area (Å²) < 4.78 is 15.6. The predicted molar refractivity (Wildman–Crippen MR) is 97.0 cm³/mol. The van der Waals surface area contributed by atoms with Crippen molar-refractivity contribution in [1.29, 1.82) is 0 Å². The fourth-order valence-electron chi connectivity index (χ4n) is 2.50. The number of esters is 1. The normalized spacial score (nSPS) is 13.8. The summed E-state index contributed by atoms with van der Waals surface area (Å²) in [6.45, 7) is 2.68. The SMILES string of the molecule is CCOC(=O)c1c(NCCOC)oc(/C=C2\C=Nc3ncccc32)c1O. The van der Waals surface area contributed by atoms with Gasteiger partial charge in [-0.15, -0.1) is 0 Å². The highest BCUT2D eigenvalue weighted by Crippen LogP contribution is 2.38. The van der Waals surface area contributed by atoms with E-state index in [4.69, 9.17) is 13.9 Å². The van der Waals surface area contributed by atoms with Crippen molar-refractivity contribution in [1.82, 2.24) is 4.98 Å². The van der Waals surface area contributed by atoms with Gasteiger partial charge in [0.1, 0.15) is 0 Å². The van der Waals surface area contributed by atoms with Gasteiger partial charge < -0.3 is 24.3 Å². The van der Waals surface area contributed by atoms with Gasteiger partial charge in [-0.2, -0.15) is 0 Å². The Labute approximate surface area is 150 Å². The molecule has 0 fully saturated rings. The van der Waals surface area contributed by atoms with E-state index < -0.39 is 5.97 Å². The van der Waals surface area contributed by atoms with E-state index in [9.17, 15) is 9.90 Å². The van der Waals surface area contributed by atoms with Crippen molar-refractivity contribution in [3.63, 3.8) is 0 Å². The maximum atomic E-state index is 12.2. The molecule has 0 amide bonds. The first-order valence-corrected chi connectivity index (χ1v) is 8.12. The van der Waals surface area contributed by atoms with Gasteiger partial charge in [0, 0.05) is 37.2 Å². The van der Waals surface area contributed by atoms with Crippen molar-refractivity contribution in [2.45, 2.75) is 6.92 Å². The summed E-state index contributed by atoms with van der Waals surface area (Å²) in [6, 6.07) is 3.66. The van der Waals surface area contributed by atoms with Crippen LogP contribution in [0.4, 0.5) is 11.7 Å². The fraction of sp³-hybridized carbons (Fsp3) is 0.278. The molecule has 26 heavy (non-hydrogen) atoms. The summed E-state index contributed by atoms with van der Waals surface area (Å²) in [6.07, 6.45) is 4.89. The maximum Gasteiger partial charge on any atom is 0.347 e. The van der Waals surface area contributed by atoms with Crippen LogP contribution in [-0.2, 0) is 9.47 Å². The van der Waals surface area contributed by atoms with E-state index in [-0.39, 0.29) is 29.6 Å². The Morgan fingerprint density at radius 1 is 1.46 bits per heavy atom. The van der Waals surface area contributed by atoms with Crippen LogP contribution in [0.15, 0.2) is 27.7 Å². The van der Waals surface area contributed by atoms with Crippen LogP contribution < -0.4 is 5.32 Å². The molecular weight excluding hydrogens is 338 g/mol. The highest BCUT2D eigenvalue weighted by molar-refractivity contribution is 6.21. The minimum atomic E-state index is -0.666. The number of rotatable bonds is 7. The lowest BCUT2D eigenvalue weighted by atomic mass is 10.1. The first-order chi connectivity index (χ1) is 12.7. The number of nitrogens with one attached hydrogen (secondary N) is 1. The number of hydrogen-bond acceptors (Lipinski definition) is 8. The van der Waals surface area contributed by atoms with Gasteiger partial charge in [-0.25, -0.2) is 14.8 Å². The molecule has 0 radical (unpaired) electrons. The molecule has 0 aliphatic carbocycles. The van der Waals surface area contributed by atoms with Crippen LogP contribution in [0.2, 0.25) is 0 Å². The molecular formula is C18H19N3O5. The Balaban J connectivity index is 1.98. The van der Waals surface area contributed by atoms with Crippen molar-refractivity contribution < 1.29 is 23.8 Å². The van der Waals surface area contributed by atoms with E-state index >= 15 is 0 Å². The van der Waals surface area contributed by atoms with Gasteiger partial charge in [-0.3, -0.25) is 0 Å². The second-order valence-electron chi connectivity index (χ2n) is 5.39. The zero-order chi connectivity index (χ0) is 18.5. The van der Waals surface area contributed by atoms with Gasteiger partial charge >= 0.3 is 5.97 Å². The zero-order valence-electron chi connectivity index (χ0n) is 14.5. The summed E-state index contributed by atoms with van der Waals surface area (Å²) in [5, 5.41) is 13.4. The lowest BCUT2D eigenvalue weighted by Crippen LogP contribution is -2.11. The van der Waals surface area contributed by atoms with Gasteiger partial charge in [-0.05, 0) is 25.1 Å². The Hall–Kier alpha value is -3.13. The van der Waals surface area contributed by atoms with Crippen LogP contribution in [0.5, 0.6) is 5.75 Å². The van der Waals surface area contributed by atoms with Crippen LogP contribution in [0.3, 0.4) is 0 Å². The molecule has 1 aliphatic heterocycles. The van der Waals surface area contributed by atoms with Crippen LogP contribution in [0, 0.1) is 0 Å². The summed E-state index contributed by atoms with van der Waals surface area (Å²) in [4.78, 5) is 20.6. The lowest BCUT2D eigenvalue weighted by molar-refractivity contribution is 0.0524. The third-order valence-corrected chi connectivity index (χ3v) is 3.69. The summed E-state index contributed by atoms with van der Waals surface area (Å²) in [5.41, 5.74) is 1.49. The number of methoxy groups -OCH3 is 1. The number of fused-ring (bicyclic) bond motifs is 1. The highest BCUT2D eigenvalue weighted by Gasteiger charge is 2.26. The Morgan fingerprint density at radius 2 is 2.31 bits per heavy atom. The molecule has 2 aromatic rings. The number of carbonyl (C=O) groups excluding carboxylic acids is 1. The molecule has 0 aromatic carbocycles. The maximum absolute atomic E-state index is 12.2. The topological polar surface area (TPSA) is 106 Å². The van der Waals surface area contributed by atoms with Crippen molar-refractivity contribution >= 4 is 35.5 Å². The highest BCUT2D eigenvalue weighted by atomic mass is 16.5. The van der Waals surface area contributed by atoms with Crippen LogP contribution in [0.25, 0.3) is 11.6 Å². The molecule has 0 spiro atoms. The number of pyridine rings is 1. The van der Waals surface area contributed by atoms with Crippen LogP contribution >= 0.6 is 0 Å². The van der Waals surface area contributed by atoms with Crippen LogP contribution in [0.1, 0.15) is 28.6 Å². The third kappa shape index (κ3) is 3.45. The summed E-state index contributed by atoms with van der Waals surface area (Å²) >= 11 is 0. The number of ether oxygens (including phenoxy) is 2. The second kappa shape index (κ2) is 7.83. The summed E-state index contributed by atoms with van der Waals surface area (Å²) in [7, 11) is 1.56. The van der Waals surface area contributed by atoms with Crippen molar-refractivity contribution in [2.24, 2.45) is 4.99 Å². The minimum Gasteiger partial charge on any atom is -0.504 e. The van der Waals surface area contributed by atoms with E-state index in [1.807, 2.05) is 6.07 Å². The van der Waals surface area contributed by atoms with Gasteiger partial charge in [0.25, 0.3) is 0 Å². The molecule has 8 heteroatoms. The van der Waals surface area contributed by atoms with Crippen LogP contribution in [-0.4, -0.2) is 49.1 Å². The molecule has 2 aromatic heterocycles. The van der Waals surface area contributed by atoms with E-state index in [2.05, 4.69) is 15.3 Å². The Kier molecular flexibility index (Phi) is 5.33. The third-order valence-electron chi connectivity index (χ3n) is 3.69. The number of aliphatic imine (C=N–C) groups is 1. The molecule has 8 nitrogen and oxygen atoms in total. The second-order valence-corrected chi connectivity index (χ2v) is 5.39. The van der Waals surface area contributed by atoms with Crippen molar-refractivity contribution in [2.75, 3.05) is 32.2 Å². The largest absolute Gasteiger partial charge is 0.504 e. The molecule has 1 aliphatic rings. The summed E-state index contributed by atoms with van der Waals surface area (Å²) in [5.74, 6) is -0.103. The number of aromatic nitrogens is 1. The van der Waals surface area contributed by atoms with Gasteiger partial charge in [0.2, 0.25) is 5.88 Å². The standard InChI is InChI=1S/C18H19N3O5/c1-3-25-18(23)14-15(22)13(26-17(14)20-7-8-24-2)9-11-10-21-16-12(11)5-4-6-19-16/h4-6,9-10,20,22H,3,7-8H2,1-2H3/b11-9+. The minimum absolute atomic E-state index is 0.0452. The fourth-order valence-corrected chi connectivity index (χ4v) is 2.50. The quantitative estimate of drug-likeness (QED) is 0.579. The number of nitrogens with zero attached hydrogens (tertiary/aromatic N) is 2. The molecule has 136 valence electrons. The lowest BCUT2D eigenvalue weighted by Gasteiger charge is -2.05. The molecule has 0 saturated carbocycles. The smallest absolute Gasteiger partial charge is 0.347 e. The molecule has 0 unspecified atom stereocenters. The zero-order valence-corrected chi connectivity index (χ0v) is 14.5. The number of allylic oxidation sites excluding steroid dienone is 1. The first kappa shape index (κ1) is 17.7. The number of carbonyl (C=O) groups is 1. The monoisotopic (exact) mass is 357 g/mol. The van der Waals surface area contributed by atoms with E-state index in [0.29, 0.717) is 19.0 Å². The average Bonchev–Trinajstić information content (AvgIpc) is 3.18. The van der Waals surface area contributed by atoms with E-state index in [0.717, 1.165) is 11.1 Å². The first-order valence-electron chi connectivity index (χ1n) is 8.12. The molecule has 0 bridgehead atoms. The van der Waals surface area contributed by atoms with E-state index in [1.54, 1.807) is 38.6 Å².